The zero-order valence-electron chi connectivity index (χ0n) is 13.0. The van der Waals surface area contributed by atoms with E-state index in [1.165, 1.54) is 4.90 Å². The Morgan fingerprint density at radius 1 is 1.46 bits per heavy atom. The number of hydrogen-bond acceptors (Lipinski definition) is 7. The fraction of sp³-hybridized carbons (Fsp3) is 0.615. The molecule has 2 heterocycles. The van der Waals surface area contributed by atoms with Crippen molar-refractivity contribution in [3.05, 3.63) is 11.7 Å². The van der Waals surface area contributed by atoms with Crippen molar-refractivity contribution in [3.8, 4) is 0 Å². The first kappa shape index (κ1) is 17.7. The molecule has 6 N–H and O–H groups in total. The summed E-state index contributed by atoms with van der Waals surface area (Å²) in [6.07, 6.45) is 1.47. The van der Waals surface area contributed by atoms with Crippen molar-refractivity contribution in [2.45, 2.75) is 44.3 Å². The molecule has 24 heavy (non-hydrogen) atoms. The third-order valence-electron chi connectivity index (χ3n) is 3.71. The summed E-state index contributed by atoms with van der Waals surface area (Å²) in [6, 6.07) is -1.91. The first-order chi connectivity index (χ1) is 11.4. The van der Waals surface area contributed by atoms with E-state index in [0.717, 1.165) is 0 Å². The molecule has 132 valence electrons. The van der Waals surface area contributed by atoms with Crippen LogP contribution >= 0.6 is 0 Å². The van der Waals surface area contributed by atoms with Gasteiger partial charge >= 0.3 is 12.0 Å². The maximum atomic E-state index is 12.0. The van der Waals surface area contributed by atoms with E-state index in [-0.39, 0.29) is 31.1 Å². The van der Waals surface area contributed by atoms with E-state index in [4.69, 9.17) is 21.1 Å². The summed E-state index contributed by atoms with van der Waals surface area (Å²) in [5.41, 5.74) is 10.9. The van der Waals surface area contributed by atoms with Gasteiger partial charge in [0.25, 0.3) is 0 Å². The highest BCUT2D eigenvalue weighted by Crippen LogP contribution is 2.17. The molecule has 11 heteroatoms. The summed E-state index contributed by atoms with van der Waals surface area (Å²) in [6.45, 7) is 0.340. The zero-order chi connectivity index (χ0) is 17.7. The molecule has 0 aliphatic carbocycles. The number of hydrogen-bond donors (Lipinski definition) is 4. The van der Waals surface area contributed by atoms with Gasteiger partial charge in [-0.05, 0) is 19.3 Å². The molecule has 11 nitrogen and oxygen atoms in total. The fourth-order valence-corrected chi connectivity index (χ4v) is 2.44. The van der Waals surface area contributed by atoms with Gasteiger partial charge in [-0.3, -0.25) is 4.79 Å². The molecule has 1 aliphatic rings. The minimum Gasteiger partial charge on any atom is -0.480 e. The van der Waals surface area contributed by atoms with Crippen LogP contribution < -0.4 is 16.8 Å². The van der Waals surface area contributed by atoms with Gasteiger partial charge < -0.3 is 31.3 Å². The normalized spacial score (nSPS) is 18.4. The number of nitrogens with zero attached hydrogens (tertiary/aromatic N) is 3. The largest absolute Gasteiger partial charge is 0.480 e. The topological polar surface area (TPSA) is 178 Å². The van der Waals surface area contributed by atoms with Crippen LogP contribution in [-0.2, 0) is 16.1 Å². The van der Waals surface area contributed by atoms with Crippen molar-refractivity contribution >= 4 is 17.9 Å². The SMILES string of the molecule is NC(=O)CCC(N)c1noc(CNC(=O)N2CCCC2C(=O)O)n1. The van der Waals surface area contributed by atoms with E-state index in [0.29, 0.717) is 19.4 Å². The van der Waals surface area contributed by atoms with Crippen LogP contribution in [0.4, 0.5) is 4.79 Å². The molecule has 2 unspecified atom stereocenters. The van der Waals surface area contributed by atoms with Crippen LogP contribution in [0.15, 0.2) is 4.52 Å². The van der Waals surface area contributed by atoms with Gasteiger partial charge in [-0.15, -0.1) is 0 Å². The lowest BCUT2D eigenvalue weighted by atomic mass is 10.1. The monoisotopic (exact) mass is 340 g/mol. The van der Waals surface area contributed by atoms with Gasteiger partial charge in [-0.25, -0.2) is 9.59 Å². The van der Waals surface area contributed by atoms with Crippen LogP contribution in [0.5, 0.6) is 0 Å². The molecular weight excluding hydrogens is 320 g/mol. The Morgan fingerprint density at radius 2 is 2.21 bits per heavy atom. The third kappa shape index (κ3) is 4.41. The minimum atomic E-state index is -1.02. The number of carboxylic acids is 1. The van der Waals surface area contributed by atoms with Crippen LogP contribution in [0.3, 0.4) is 0 Å². The molecule has 1 saturated heterocycles. The highest BCUT2D eigenvalue weighted by Gasteiger charge is 2.34. The van der Waals surface area contributed by atoms with E-state index >= 15 is 0 Å². The van der Waals surface area contributed by atoms with Gasteiger partial charge in [-0.1, -0.05) is 5.16 Å². The molecule has 0 spiro atoms. The van der Waals surface area contributed by atoms with E-state index in [1.54, 1.807) is 0 Å². The number of nitrogens with one attached hydrogen (secondary N) is 1. The van der Waals surface area contributed by atoms with Crippen molar-refractivity contribution in [1.82, 2.24) is 20.4 Å². The molecule has 2 atom stereocenters. The number of urea groups is 1. The van der Waals surface area contributed by atoms with Crippen molar-refractivity contribution in [2.75, 3.05) is 6.54 Å². The first-order valence-electron chi connectivity index (χ1n) is 7.52. The number of amides is 3. The summed E-state index contributed by atoms with van der Waals surface area (Å²) < 4.78 is 4.97. The number of carboxylic acid groups (broad SMARTS) is 1. The molecule has 0 radical (unpaired) electrons. The standard InChI is InChI=1S/C13H20N6O5/c14-7(3-4-9(15)20)11-17-10(24-18-11)6-16-13(23)19-5-1-2-8(19)12(21)22/h7-8H,1-6,14H2,(H2,15,20)(H,16,23)(H,21,22). The number of aromatic nitrogens is 2. The number of primary amides is 1. The quantitative estimate of drug-likeness (QED) is 0.492. The van der Waals surface area contributed by atoms with Crippen molar-refractivity contribution in [2.24, 2.45) is 11.5 Å². The summed E-state index contributed by atoms with van der Waals surface area (Å²) in [5.74, 6) is -1.15. The van der Waals surface area contributed by atoms with Crippen LogP contribution in [0.25, 0.3) is 0 Å². The van der Waals surface area contributed by atoms with E-state index < -0.39 is 30.0 Å². The van der Waals surface area contributed by atoms with Crippen LogP contribution in [-0.4, -0.2) is 50.6 Å². The number of aliphatic carboxylic acids is 1. The Kier molecular flexibility index (Phi) is 5.68. The van der Waals surface area contributed by atoms with Crippen molar-refractivity contribution in [3.63, 3.8) is 0 Å². The molecule has 1 fully saturated rings. The van der Waals surface area contributed by atoms with Gasteiger partial charge in [0.05, 0.1) is 12.6 Å². The molecule has 0 aromatic carbocycles. The predicted molar refractivity (Wildman–Crippen MR) is 79.3 cm³/mol. The maximum absolute atomic E-state index is 12.0. The van der Waals surface area contributed by atoms with Gasteiger partial charge in [-0.2, -0.15) is 4.98 Å². The lowest BCUT2D eigenvalue weighted by Crippen LogP contribution is -2.45. The Morgan fingerprint density at radius 3 is 2.88 bits per heavy atom. The molecule has 0 saturated carbocycles. The highest BCUT2D eigenvalue weighted by molar-refractivity contribution is 5.83. The van der Waals surface area contributed by atoms with E-state index in [2.05, 4.69) is 15.5 Å². The Balaban J connectivity index is 1.85. The van der Waals surface area contributed by atoms with Crippen LogP contribution in [0.1, 0.15) is 43.4 Å². The average Bonchev–Trinajstić information content (AvgIpc) is 3.19. The second-order valence-corrected chi connectivity index (χ2v) is 5.51. The molecule has 1 aromatic heterocycles. The van der Waals surface area contributed by atoms with Crippen LogP contribution in [0, 0.1) is 0 Å². The van der Waals surface area contributed by atoms with Gasteiger partial charge in [0.2, 0.25) is 11.8 Å². The summed E-state index contributed by atoms with van der Waals surface area (Å²) in [5, 5.41) is 15.3. The molecular formula is C13H20N6O5. The van der Waals surface area contributed by atoms with Gasteiger partial charge in [0, 0.05) is 13.0 Å². The Bertz CT molecular complexity index is 618. The number of nitrogens with two attached hydrogens (primary N) is 2. The Hall–Kier alpha value is -2.69. The summed E-state index contributed by atoms with van der Waals surface area (Å²) in [7, 11) is 0. The van der Waals surface area contributed by atoms with Crippen molar-refractivity contribution < 1.29 is 24.0 Å². The van der Waals surface area contributed by atoms with E-state index in [1.807, 2.05) is 0 Å². The zero-order valence-corrected chi connectivity index (χ0v) is 13.0. The molecule has 1 aromatic rings. The molecule has 1 aliphatic heterocycles. The molecule has 3 amide bonds. The third-order valence-corrected chi connectivity index (χ3v) is 3.71. The minimum absolute atomic E-state index is 0.0444. The fourth-order valence-electron chi connectivity index (χ4n) is 2.44. The Labute approximate surface area is 137 Å². The lowest BCUT2D eigenvalue weighted by molar-refractivity contribution is -0.141. The number of carbonyl (C=O) groups is 3. The summed E-state index contributed by atoms with van der Waals surface area (Å²) >= 11 is 0. The van der Waals surface area contributed by atoms with E-state index in [9.17, 15) is 14.4 Å². The smallest absolute Gasteiger partial charge is 0.326 e. The predicted octanol–water partition coefficient (Wildman–Crippen LogP) is -0.906. The summed E-state index contributed by atoms with van der Waals surface area (Å²) in [4.78, 5) is 39.1. The molecule has 0 bridgehead atoms. The second kappa shape index (κ2) is 7.73. The average molecular weight is 340 g/mol. The molecule has 2 rings (SSSR count). The lowest BCUT2D eigenvalue weighted by Gasteiger charge is -2.21. The van der Waals surface area contributed by atoms with Crippen LogP contribution in [0.2, 0.25) is 0 Å². The second-order valence-electron chi connectivity index (χ2n) is 5.51. The van der Waals surface area contributed by atoms with Gasteiger partial charge in [0.1, 0.15) is 6.04 Å². The van der Waals surface area contributed by atoms with Gasteiger partial charge in [0.15, 0.2) is 5.82 Å². The maximum Gasteiger partial charge on any atom is 0.326 e. The number of carbonyl (C=O) groups excluding carboxylic acids is 2. The number of rotatable bonds is 7. The first-order valence-corrected chi connectivity index (χ1v) is 7.52. The number of likely N-dealkylation sites (tertiary alicyclic amines) is 1. The highest BCUT2D eigenvalue weighted by atomic mass is 16.5. The van der Waals surface area contributed by atoms with Crippen molar-refractivity contribution in [1.29, 1.82) is 0 Å².